The van der Waals surface area contributed by atoms with Gasteiger partial charge in [0.1, 0.15) is 5.58 Å². The Balaban J connectivity index is 1.53. The van der Waals surface area contributed by atoms with E-state index in [1.807, 2.05) is 54.6 Å². The number of anilines is 1. The van der Waals surface area contributed by atoms with Crippen molar-refractivity contribution in [3.8, 4) is 11.1 Å². The minimum absolute atomic E-state index is 0.254. The second-order valence-electron chi connectivity index (χ2n) is 5.69. The largest absolute Gasteiger partial charge is 0.451 e. The van der Waals surface area contributed by atoms with Crippen molar-refractivity contribution in [3.05, 3.63) is 89.6 Å². The molecule has 1 N–H and O–H groups in total. The summed E-state index contributed by atoms with van der Waals surface area (Å²) in [6, 6.07) is 24.7. The number of hydrogen-bond acceptors (Lipinski definition) is 2. The predicted molar refractivity (Wildman–Crippen MR) is 101 cm³/mol. The number of nitrogens with one attached hydrogen (secondary N) is 1. The minimum Gasteiger partial charge on any atom is -0.451 e. The van der Waals surface area contributed by atoms with Gasteiger partial charge < -0.3 is 9.73 Å². The average molecular weight is 348 g/mol. The van der Waals surface area contributed by atoms with Crippen molar-refractivity contribution in [2.75, 3.05) is 5.32 Å². The van der Waals surface area contributed by atoms with Crippen molar-refractivity contribution >= 4 is 34.2 Å². The summed E-state index contributed by atoms with van der Waals surface area (Å²) in [5, 5.41) is 4.26. The molecule has 3 nitrogen and oxygen atoms in total. The second-order valence-corrected chi connectivity index (χ2v) is 6.13. The number of carbonyl (C=O) groups is 1. The lowest BCUT2D eigenvalue weighted by molar-refractivity contribution is 0.0998. The molecule has 3 aromatic carbocycles. The average Bonchev–Trinajstić information content (AvgIpc) is 3.06. The van der Waals surface area contributed by atoms with Gasteiger partial charge >= 0.3 is 0 Å². The van der Waals surface area contributed by atoms with Gasteiger partial charge in [-0.2, -0.15) is 0 Å². The minimum atomic E-state index is -0.292. The van der Waals surface area contributed by atoms with Crippen LogP contribution < -0.4 is 5.32 Å². The van der Waals surface area contributed by atoms with Crippen LogP contribution in [0.2, 0.25) is 5.02 Å². The Hall–Kier alpha value is -3.04. The summed E-state index contributed by atoms with van der Waals surface area (Å²) in [7, 11) is 0. The Bertz CT molecular complexity index is 1040. The van der Waals surface area contributed by atoms with Crippen LogP contribution in [0, 0.1) is 0 Å². The number of hydrogen-bond donors (Lipinski definition) is 1. The van der Waals surface area contributed by atoms with Crippen molar-refractivity contribution in [2.45, 2.75) is 0 Å². The molecule has 1 amide bonds. The van der Waals surface area contributed by atoms with Gasteiger partial charge in [0.05, 0.1) is 0 Å². The van der Waals surface area contributed by atoms with Crippen LogP contribution >= 0.6 is 11.6 Å². The highest BCUT2D eigenvalue weighted by Gasteiger charge is 2.13. The van der Waals surface area contributed by atoms with E-state index >= 15 is 0 Å². The van der Waals surface area contributed by atoms with Crippen LogP contribution in [-0.2, 0) is 0 Å². The van der Waals surface area contributed by atoms with Gasteiger partial charge in [-0.1, -0.05) is 54.1 Å². The highest BCUT2D eigenvalue weighted by molar-refractivity contribution is 6.31. The lowest BCUT2D eigenvalue weighted by Crippen LogP contribution is -2.10. The molecule has 4 aromatic rings. The van der Waals surface area contributed by atoms with E-state index < -0.39 is 0 Å². The topological polar surface area (TPSA) is 42.2 Å². The van der Waals surface area contributed by atoms with Crippen LogP contribution in [0.25, 0.3) is 22.1 Å². The van der Waals surface area contributed by atoms with Crippen LogP contribution in [0.3, 0.4) is 0 Å². The number of fused-ring (bicyclic) bond motifs is 1. The molecule has 4 rings (SSSR count). The van der Waals surface area contributed by atoms with Gasteiger partial charge in [-0.05, 0) is 47.5 Å². The molecule has 0 saturated carbocycles. The van der Waals surface area contributed by atoms with E-state index in [1.54, 1.807) is 24.3 Å². The van der Waals surface area contributed by atoms with E-state index in [4.69, 9.17) is 16.0 Å². The van der Waals surface area contributed by atoms with Crippen LogP contribution in [-0.4, -0.2) is 5.91 Å². The standard InChI is InChI=1S/C21H14ClNO2/c22-17-8-11-19-16(12-17)13-20(25-19)21(24)23-18-9-6-15(7-10-18)14-4-2-1-3-5-14/h1-13H,(H,23,24). The van der Waals surface area contributed by atoms with Gasteiger partial charge in [0.15, 0.2) is 5.76 Å². The van der Waals surface area contributed by atoms with E-state index in [0.29, 0.717) is 16.3 Å². The van der Waals surface area contributed by atoms with Crippen molar-refractivity contribution in [2.24, 2.45) is 0 Å². The fraction of sp³-hybridized carbons (Fsp3) is 0. The number of benzene rings is 3. The number of amides is 1. The Labute approximate surface area is 149 Å². The lowest BCUT2D eigenvalue weighted by Gasteiger charge is -2.05. The first kappa shape index (κ1) is 15.5. The Morgan fingerprint density at radius 3 is 2.32 bits per heavy atom. The van der Waals surface area contributed by atoms with Gasteiger partial charge in [0.25, 0.3) is 5.91 Å². The molecule has 0 aliphatic rings. The van der Waals surface area contributed by atoms with Crippen LogP contribution in [0.5, 0.6) is 0 Å². The molecule has 0 bridgehead atoms. The Kier molecular flexibility index (Phi) is 4.00. The zero-order chi connectivity index (χ0) is 17.2. The molecular weight excluding hydrogens is 334 g/mol. The molecule has 0 saturated heterocycles. The molecule has 25 heavy (non-hydrogen) atoms. The highest BCUT2D eigenvalue weighted by Crippen LogP contribution is 2.24. The number of rotatable bonds is 3. The predicted octanol–water partition coefficient (Wildman–Crippen LogP) is 6.01. The third-order valence-electron chi connectivity index (χ3n) is 3.95. The normalized spacial score (nSPS) is 10.8. The van der Waals surface area contributed by atoms with Crippen LogP contribution in [0.15, 0.2) is 83.3 Å². The molecule has 0 atom stereocenters. The summed E-state index contributed by atoms with van der Waals surface area (Å²) in [4.78, 5) is 12.4. The van der Waals surface area contributed by atoms with Gasteiger partial charge in [-0.3, -0.25) is 4.79 Å². The van der Waals surface area contributed by atoms with E-state index in [2.05, 4.69) is 5.32 Å². The number of halogens is 1. The molecule has 0 fully saturated rings. The number of furan rings is 1. The fourth-order valence-electron chi connectivity index (χ4n) is 2.70. The fourth-order valence-corrected chi connectivity index (χ4v) is 2.88. The molecule has 0 spiro atoms. The molecule has 0 aliphatic heterocycles. The quantitative estimate of drug-likeness (QED) is 0.493. The molecule has 1 heterocycles. The zero-order valence-corrected chi connectivity index (χ0v) is 14.0. The molecule has 0 unspecified atom stereocenters. The smallest absolute Gasteiger partial charge is 0.291 e. The van der Waals surface area contributed by atoms with E-state index in [1.165, 1.54) is 0 Å². The van der Waals surface area contributed by atoms with Gasteiger partial charge in [0, 0.05) is 16.1 Å². The summed E-state index contributed by atoms with van der Waals surface area (Å²) in [5.74, 6) is -0.0378. The van der Waals surface area contributed by atoms with Crippen molar-refractivity contribution < 1.29 is 9.21 Å². The first-order valence-corrected chi connectivity index (χ1v) is 8.23. The summed E-state index contributed by atoms with van der Waals surface area (Å²) in [5.41, 5.74) is 3.57. The second kappa shape index (κ2) is 6.46. The monoisotopic (exact) mass is 347 g/mol. The van der Waals surface area contributed by atoms with Gasteiger partial charge in [0.2, 0.25) is 0 Å². The van der Waals surface area contributed by atoms with Crippen molar-refractivity contribution in [3.63, 3.8) is 0 Å². The first-order chi connectivity index (χ1) is 12.2. The maximum absolute atomic E-state index is 12.4. The molecule has 0 aliphatic carbocycles. The summed E-state index contributed by atoms with van der Waals surface area (Å²) < 4.78 is 5.58. The summed E-state index contributed by atoms with van der Waals surface area (Å²) in [6.45, 7) is 0. The first-order valence-electron chi connectivity index (χ1n) is 7.85. The number of carbonyl (C=O) groups excluding carboxylic acids is 1. The molecule has 122 valence electrons. The molecule has 0 radical (unpaired) electrons. The van der Waals surface area contributed by atoms with Crippen LogP contribution in [0.1, 0.15) is 10.6 Å². The zero-order valence-electron chi connectivity index (χ0n) is 13.2. The van der Waals surface area contributed by atoms with Crippen molar-refractivity contribution in [1.29, 1.82) is 0 Å². The van der Waals surface area contributed by atoms with E-state index in [-0.39, 0.29) is 11.7 Å². The van der Waals surface area contributed by atoms with Gasteiger partial charge in [-0.25, -0.2) is 0 Å². The van der Waals surface area contributed by atoms with Crippen molar-refractivity contribution in [1.82, 2.24) is 0 Å². The van der Waals surface area contributed by atoms with E-state index in [9.17, 15) is 4.79 Å². The maximum Gasteiger partial charge on any atom is 0.291 e. The summed E-state index contributed by atoms with van der Waals surface area (Å²) in [6.07, 6.45) is 0. The lowest BCUT2D eigenvalue weighted by atomic mass is 10.1. The summed E-state index contributed by atoms with van der Waals surface area (Å²) >= 11 is 5.96. The SMILES string of the molecule is O=C(Nc1ccc(-c2ccccc2)cc1)c1cc2cc(Cl)ccc2o1. The Morgan fingerprint density at radius 1 is 0.840 bits per heavy atom. The van der Waals surface area contributed by atoms with E-state index in [0.717, 1.165) is 16.5 Å². The van der Waals surface area contributed by atoms with Crippen LogP contribution in [0.4, 0.5) is 5.69 Å². The third kappa shape index (κ3) is 3.28. The van der Waals surface area contributed by atoms with Gasteiger partial charge in [-0.15, -0.1) is 0 Å². The maximum atomic E-state index is 12.4. The molecule has 1 aromatic heterocycles. The Morgan fingerprint density at radius 2 is 1.56 bits per heavy atom. The third-order valence-corrected chi connectivity index (χ3v) is 4.19. The molecular formula is C21H14ClNO2. The molecule has 4 heteroatoms. The highest BCUT2D eigenvalue weighted by atomic mass is 35.5.